The summed E-state index contributed by atoms with van der Waals surface area (Å²) in [5.74, 6) is 7.73. The summed E-state index contributed by atoms with van der Waals surface area (Å²) in [4.78, 5) is 11.5. The predicted octanol–water partition coefficient (Wildman–Crippen LogP) is 0.834. The molecule has 1 heterocycles. The van der Waals surface area contributed by atoms with E-state index in [0.717, 1.165) is 23.7 Å². The number of hydrazine groups is 1. The molecule has 0 unspecified atom stereocenters. The van der Waals surface area contributed by atoms with Crippen molar-refractivity contribution < 1.29 is 0 Å². The number of H-pyrrole nitrogens is 1. The number of imidazole rings is 1. The van der Waals surface area contributed by atoms with E-state index in [1.807, 2.05) is 18.7 Å². The minimum absolute atomic E-state index is 0. The van der Waals surface area contributed by atoms with Crippen LogP contribution in [0.15, 0.2) is 11.3 Å². The van der Waals surface area contributed by atoms with Crippen molar-refractivity contribution >= 4 is 42.5 Å². The van der Waals surface area contributed by atoms with Gasteiger partial charge in [0.1, 0.15) is 0 Å². The molecule has 0 saturated carbocycles. The molecule has 0 radical (unpaired) electrons. The maximum Gasteiger partial charge on any atom is 0.205 e. The van der Waals surface area contributed by atoms with E-state index in [1.165, 1.54) is 5.69 Å². The minimum atomic E-state index is 0. The molecule has 5 N–H and O–H groups in total. The van der Waals surface area contributed by atoms with E-state index >= 15 is 0 Å². The normalized spacial score (nSPS) is 10.3. The Morgan fingerprint density at radius 3 is 2.78 bits per heavy atom. The van der Waals surface area contributed by atoms with Crippen LogP contribution in [0.5, 0.6) is 0 Å². The van der Waals surface area contributed by atoms with Gasteiger partial charge in [-0.3, -0.25) is 10.4 Å². The molecule has 1 aromatic heterocycles. The van der Waals surface area contributed by atoms with Crippen molar-refractivity contribution in [2.24, 2.45) is 10.8 Å². The van der Waals surface area contributed by atoms with E-state index < -0.39 is 0 Å². The van der Waals surface area contributed by atoms with Gasteiger partial charge in [-0.15, -0.1) is 24.8 Å². The number of thioether (sulfide) groups is 1. The molecule has 1 aromatic rings. The molecule has 0 saturated heterocycles. The molecule has 0 aliphatic heterocycles. The number of halogens is 2. The Morgan fingerprint density at radius 2 is 2.28 bits per heavy atom. The number of hydrogen-bond acceptors (Lipinski definition) is 4. The lowest BCUT2D eigenvalue weighted by molar-refractivity contribution is 0.919. The zero-order valence-corrected chi connectivity index (χ0v) is 12.8. The zero-order chi connectivity index (χ0) is 11.8. The van der Waals surface area contributed by atoms with Gasteiger partial charge in [0, 0.05) is 24.2 Å². The highest BCUT2D eigenvalue weighted by Gasteiger charge is 1.99. The summed E-state index contributed by atoms with van der Waals surface area (Å²) in [5, 5.41) is 2.85. The van der Waals surface area contributed by atoms with Crippen LogP contribution in [-0.2, 0) is 5.75 Å². The first-order chi connectivity index (χ1) is 7.77. The summed E-state index contributed by atoms with van der Waals surface area (Å²) >= 11 is 1.81. The Bertz CT molecular complexity index is 338. The maximum absolute atomic E-state index is 5.23. The van der Waals surface area contributed by atoms with Gasteiger partial charge in [-0.25, -0.2) is 10.8 Å². The molecule has 0 aliphatic rings. The molecule has 0 aromatic carbocycles. The van der Waals surface area contributed by atoms with E-state index in [9.17, 15) is 0 Å². The number of aryl methyl sites for hydroxylation is 1. The van der Waals surface area contributed by atoms with E-state index in [-0.39, 0.29) is 24.8 Å². The second kappa shape index (κ2) is 11.5. The summed E-state index contributed by atoms with van der Waals surface area (Å²) in [7, 11) is 1.78. The number of nitrogens with two attached hydrogens (primary N) is 1. The molecule has 0 fully saturated rings. The van der Waals surface area contributed by atoms with Crippen molar-refractivity contribution in [1.82, 2.24) is 20.7 Å². The summed E-state index contributed by atoms with van der Waals surface area (Å²) in [5.41, 5.74) is 4.72. The van der Waals surface area contributed by atoms with Gasteiger partial charge < -0.3 is 10.3 Å². The SMILES string of the molecule is CN/C(=N/CCSCc1[nH]cnc1C)NN.Cl.Cl. The van der Waals surface area contributed by atoms with Gasteiger partial charge >= 0.3 is 0 Å². The van der Waals surface area contributed by atoms with Crippen molar-refractivity contribution in [2.75, 3.05) is 19.3 Å². The second-order valence-corrected chi connectivity index (χ2v) is 4.25. The summed E-state index contributed by atoms with van der Waals surface area (Å²) < 4.78 is 0. The highest BCUT2D eigenvalue weighted by molar-refractivity contribution is 7.98. The topological polar surface area (TPSA) is 91.1 Å². The Kier molecular flexibility index (Phi) is 12.5. The van der Waals surface area contributed by atoms with E-state index in [1.54, 1.807) is 13.4 Å². The van der Waals surface area contributed by atoms with E-state index in [0.29, 0.717) is 5.96 Å². The van der Waals surface area contributed by atoms with Crippen LogP contribution in [0.2, 0.25) is 0 Å². The molecular formula is C9H20Cl2N6S. The number of guanidine groups is 1. The van der Waals surface area contributed by atoms with E-state index in [4.69, 9.17) is 5.84 Å². The second-order valence-electron chi connectivity index (χ2n) is 3.14. The fourth-order valence-electron chi connectivity index (χ4n) is 1.13. The average Bonchev–Trinajstić information content (AvgIpc) is 2.70. The fraction of sp³-hybridized carbons (Fsp3) is 0.556. The quantitative estimate of drug-likeness (QED) is 0.212. The molecule has 18 heavy (non-hydrogen) atoms. The standard InChI is InChI=1S/C9H18N6S.2ClH/c1-7-8(14-6-13-7)5-16-4-3-12-9(11-2)15-10;;/h6H,3-5,10H2,1-2H3,(H,13,14)(H2,11,12,15);2*1H. The van der Waals surface area contributed by atoms with Crippen molar-refractivity contribution in [2.45, 2.75) is 12.7 Å². The zero-order valence-electron chi connectivity index (χ0n) is 10.4. The number of aromatic amines is 1. The van der Waals surface area contributed by atoms with Crippen molar-refractivity contribution in [3.63, 3.8) is 0 Å². The lowest BCUT2D eigenvalue weighted by Gasteiger charge is -2.03. The lowest BCUT2D eigenvalue weighted by atomic mass is 10.4. The lowest BCUT2D eigenvalue weighted by Crippen LogP contribution is -2.39. The molecule has 1 rings (SSSR count). The smallest absolute Gasteiger partial charge is 0.205 e. The Labute approximate surface area is 124 Å². The van der Waals surface area contributed by atoms with Crippen LogP contribution in [0.1, 0.15) is 11.4 Å². The number of nitrogens with zero attached hydrogens (tertiary/aromatic N) is 2. The molecule has 0 spiro atoms. The molecular weight excluding hydrogens is 295 g/mol. The van der Waals surface area contributed by atoms with Gasteiger partial charge in [0.15, 0.2) is 0 Å². The number of rotatable bonds is 5. The molecule has 6 nitrogen and oxygen atoms in total. The summed E-state index contributed by atoms with van der Waals surface area (Å²) in [6.07, 6.45) is 1.72. The molecule has 0 amide bonds. The fourth-order valence-corrected chi connectivity index (χ4v) is 1.99. The van der Waals surface area contributed by atoms with Crippen LogP contribution in [0, 0.1) is 6.92 Å². The highest BCUT2D eigenvalue weighted by atomic mass is 35.5. The van der Waals surface area contributed by atoms with Crippen molar-refractivity contribution in [3.8, 4) is 0 Å². The van der Waals surface area contributed by atoms with Gasteiger partial charge in [0.25, 0.3) is 0 Å². The first-order valence-corrected chi connectivity index (χ1v) is 6.18. The van der Waals surface area contributed by atoms with E-state index in [2.05, 4.69) is 25.7 Å². The Morgan fingerprint density at radius 1 is 1.56 bits per heavy atom. The molecule has 0 bridgehead atoms. The van der Waals surface area contributed by atoms with Crippen LogP contribution >= 0.6 is 36.6 Å². The Hall–Kier alpha value is -0.630. The van der Waals surface area contributed by atoms with Crippen molar-refractivity contribution in [1.29, 1.82) is 0 Å². The van der Waals surface area contributed by atoms with Crippen LogP contribution in [0.3, 0.4) is 0 Å². The third-order valence-electron chi connectivity index (χ3n) is 2.06. The van der Waals surface area contributed by atoms with Crippen LogP contribution in [0.25, 0.3) is 0 Å². The first-order valence-electron chi connectivity index (χ1n) is 5.03. The molecule has 0 atom stereocenters. The number of hydrogen-bond donors (Lipinski definition) is 4. The monoisotopic (exact) mass is 314 g/mol. The van der Waals surface area contributed by atoms with Gasteiger partial charge in [0.2, 0.25) is 5.96 Å². The molecule has 9 heteroatoms. The van der Waals surface area contributed by atoms with Crippen LogP contribution in [-0.4, -0.2) is 35.3 Å². The third-order valence-corrected chi connectivity index (χ3v) is 3.02. The summed E-state index contributed by atoms with van der Waals surface area (Å²) in [6, 6.07) is 0. The third kappa shape index (κ3) is 6.95. The highest BCUT2D eigenvalue weighted by Crippen LogP contribution is 2.11. The minimum Gasteiger partial charge on any atom is -0.358 e. The number of aliphatic imine (C=N–C) groups is 1. The largest absolute Gasteiger partial charge is 0.358 e. The van der Waals surface area contributed by atoms with Crippen molar-refractivity contribution in [3.05, 3.63) is 17.7 Å². The van der Waals surface area contributed by atoms with Gasteiger partial charge in [-0.05, 0) is 6.92 Å². The van der Waals surface area contributed by atoms with Gasteiger partial charge in [0.05, 0.1) is 18.6 Å². The maximum atomic E-state index is 5.23. The Balaban J connectivity index is 0. The first kappa shape index (κ1) is 19.7. The predicted molar refractivity (Wildman–Crippen MR) is 82.7 cm³/mol. The molecule has 106 valence electrons. The molecule has 0 aliphatic carbocycles. The van der Waals surface area contributed by atoms with Crippen LogP contribution < -0.4 is 16.6 Å². The number of aromatic nitrogens is 2. The van der Waals surface area contributed by atoms with Gasteiger partial charge in [-0.2, -0.15) is 11.8 Å². The average molecular weight is 315 g/mol. The number of nitrogens with one attached hydrogen (secondary N) is 3. The van der Waals surface area contributed by atoms with Gasteiger partial charge in [-0.1, -0.05) is 0 Å². The summed E-state index contributed by atoms with van der Waals surface area (Å²) in [6.45, 7) is 2.74. The van der Waals surface area contributed by atoms with Crippen LogP contribution in [0.4, 0.5) is 0 Å².